The van der Waals surface area contributed by atoms with Gasteiger partial charge in [0.25, 0.3) is 0 Å². The van der Waals surface area contributed by atoms with E-state index in [0.29, 0.717) is 39.3 Å². The van der Waals surface area contributed by atoms with Gasteiger partial charge >= 0.3 is 12.0 Å². The first-order valence-electron chi connectivity index (χ1n) is 8.87. The molecule has 1 aromatic carbocycles. The van der Waals surface area contributed by atoms with E-state index in [0.717, 1.165) is 5.56 Å². The second-order valence-electron chi connectivity index (χ2n) is 7.10. The van der Waals surface area contributed by atoms with Crippen LogP contribution in [0.5, 0.6) is 0 Å². The van der Waals surface area contributed by atoms with Crippen molar-refractivity contribution < 1.29 is 19.4 Å². The number of carbonyl (C=O) groups is 2. The maximum Gasteiger partial charge on any atom is 0.320 e. The highest BCUT2D eigenvalue weighted by molar-refractivity contribution is 5.77. The maximum absolute atomic E-state index is 12.8. The number of rotatable bonds is 2. The lowest BCUT2D eigenvalue weighted by Crippen LogP contribution is -2.53. The van der Waals surface area contributed by atoms with E-state index in [1.54, 1.807) is 9.80 Å². The molecule has 136 valence electrons. The van der Waals surface area contributed by atoms with Crippen LogP contribution < -0.4 is 0 Å². The number of hydrogen-bond donors (Lipinski definition) is 1. The van der Waals surface area contributed by atoms with Crippen molar-refractivity contribution in [3.63, 3.8) is 0 Å². The normalized spacial score (nSPS) is 24.2. The Bertz CT molecular complexity index is 655. The Morgan fingerprint density at radius 3 is 2.44 bits per heavy atom. The van der Waals surface area contributed by atoms with Gasteiger partial charge in [-0.1, -0.05) is 18.2 Å². The van der Waals surface area contributed by atoms with Gasteiger partial charge in [0.2, 0.25) is 0 Å². The summed E-state index contributed by atoms with van der Waals surface area (Å²) in [5.74, 6) is -1.29. The zero-order valence-corrected chi connectivity index (χ0v) is 14.9. The third-order valence-electron chi connectivity index (χ3n) is 5.35. The van der Waals surface area contributed by atoms with Crippen LogP contribution in [0.4, 0.5) is 4.79 Å². The minimum Gasteiger partial charge on any atom is -0.481 e. The first-order valence-corrected chi connectivity index (χ1v) is 8.87. The van der Waals surface area contributed by atoms with Crippen LogP contribution in [0, 0.1) is 19.8 Å². The van der Waals surface area contributed by atoms with Crippen molar-refractivity contribution in [2.45, 2.75) is 26.2 Å². The van der Waals surface area contributed by atoms with Crippen LogP contribution in [0.2, 0.25) is 0 Å². The number of carbonyl (C=O) groups excluding carboxylic acids is 1. The molecule has 2 atom stereocenters. The van der Waals surface area contributed by atoms with Crippen molar-refractivity contribution in [3.8, 4) is 0 Å². The summed E-state index contributed by atoms with van der Waals surface area (Å²) in [7, 11) is 0. The van der Waals surface area contributed by atoms with Crippen LogP contribution in [0.25, 0.3) is 0 Å². The Morgan fingerprint density at radius 2 is 1.80 bits per heavy atom. The summed E-state index contributed by atoms with van der Waals surface area (Å²) in [5.41, 5.74) is 3.53. The summed E-state index contributed by atoms with van der Waals surface area (Å²) in [4.78, 5) is 27.9. The molecule has 2 aliphatic heterocycles. The number of amides is 2. The molecule has 1 aromatic rings. The number of urea groups is 1. The van der Waals surface area contributed by atoms with E-state index >= 15 is 0 Å². The molecule has 2 amide bonds. The van der Waals surface area contributed by atoms with Gasteiger partial charge in [-0.2, -0.15) is 0 Å². The summed E-state index contributed by atoms with van der Waals surface area (Å²) in [6.07, 6.45) is 0.574. The molecule has 0 spiro atoms. The van der Waals surface area contributed by atoms with E-state index in [1.807, 2.05) is 0 Å². The molecular formula is C19H26N2O4. The summed E-state index contributed by atoms with van der Waals surface area (Å²) >= 11 is 0. The summed E-state index contributed by atoms with van der Waals surface area (Å²) in [5, 5.41) is 9.54. The van der Waals surface area contributed by atoms with Crippen LogP contribution in [0.3, 0.4) is 0 Å². The Morgan fingerprint density at radius 1 is 1.08 bits per heavy atom. The van der Waals surface area contributed by atoms with E-state index in [1.165, 1.54) is 11.1 Å². The molecule has 2 fully saturated rings. The number of carboxylic acid groups (broad SMARTS) is 1. The molecule has 25 heavy (non-hydrogen) atoms. The van der Waals surface area contributed by atoms with Crippen molar-refractivity contribution in [1.82, 2.24) is 9.80 Å². The number of hydrogen-bond acceptors (Lipinski definition) is 3. The number of morpholine rings is 1. The molecule has 6 nitrogen and oxygen atoms in total. The maximum atomic E-state index is 12.8. The monoisotopic (exact) mass is 346 g/mol. The third-order valence-corrected chi connectivity index (χ3v) is 5.35. The summed E-state index contributed by atoms with van der Waals surface area (Å²) in [6, 6.07) is 6.20. The second kappa shape index (κ2) is 7.44. The predicted octanol–water partition coefficient (Wildman–Crippen LogP) is 2.25. The van der Waals surface area contributed by atoms with Gasteiger partial charge in [-0.3, -0.25) is 4.79 Å². The van der Waals surface area contributed by atoms with Gasteiger partial charge < -0.3 is 19.6 Å². The van der Waals surface area contributed by atoms with Crippen molar-refractivity contribution >= 4 is 12.0 Å². The minimum atomic E-state index is -0.826. The quantitative estimate of drug-likeness (QED) is 0.892. The molecule has 0 saturated carbocycles. The van der Waals surface area contributed by atoms with Gasteiger partial charge in [0.15, 0.2) is 0 Å². The van der Waals surface area contributed by atoms with Crippen molar-refractivity contribution in [1.29, 1.82) is 0 Å². The highest BCUT2D eigenvalue weighted by Gasteiger charge is 2.36. The van der Waals surface area contributed by atoms with Crippen molar-refractivity contribution in [2.75, 3.05) is 39.4 Å². The fraction of sp³-hybridized carbons (Fsp3) is 0.579. The average Bonchev–Trinajstić information content (AvgIpc) is 2.63. The molecule has 2 saturated heterocycles. The standard InChI is InChI=1S/C19H26N2O4/c1-13-3-4-15(9-14(13)2)16-10-17(18(22)23)12-21(11-16)19(24)20-5-7-25-8-6-20/h3-4,9,16-17H,5-8,10-12H2,1-2H3,(H,22,23). The number of piperidine rings is 1. The number of carboxylic acids is 1. The van der Waals surface area contributed by atoms with Crippen LogP contribution in [-0.4, -0.2) is 66.3 Å². The van der Waals surface area contributed by atoms with Crippen molar-refractivity contribution in [3.05, 3.63) is 34.9 Å². The van der Waals surface area contributed by atoms with Gasteiger partial charge in [0.1, 0.15) is 0 Å². The van der Waals surface area contributed by atoms with Gasteiger partial charge in [-0.15, -0.1) is 0 Å². The highest BCUT2D eigenvalue weighted by Crippen LogP contribution is 2.32. The number of nitrogens with zero attached hydrogens (tertiary/aromatic N) is 2. The van der Waals surface area contributed by atoms with Gasteiger partial charge in [0, 0.05) is 32.1 Å². The van der Waals surface area contributed by atoms with Gasteiger partial charge in [-0.25, -0.2) is 4.79 Å². The highest BCUT2D eigenvalue weighted by atomic mass is 16.5. The first-order chi connectivity index (χ1) is 12.0. The zero-order valence-electron chi connectivity index (χ0n) is 14.9. The molecule has 6 heteroatoms. The molecule has 0 bridgehead atoms. The molecule has 2 aliphatic rings. The summed E-state index contributed by atoms with van der Waals surface area (Å²) in [6.45, 7) is 7.21. The van der Waals surface area contributed by atoms with Gasteiger partial charge in [0.05, 0.1) is 19.1 Å². The Balaban J connectivity index is 1.80. The molecule has 0 aromatic heterocycles. The molecule has 0 aliphatic carbocycles. The molecular weight excluding hydrogens is 320 g/mol. The lowest BCUT2D eigenvalue weighted by atomic mass is 9.83. The molecule has 2 unspecified atom stereocenters. The summed E-state index contributed by atoms with van der Waals surface area (Å²) < 4.78 is 5.30. The van der Waals surface area contributed by atoms with E-state index in [2.05, 4.69) is 32.0 Å². The van der Waals surface area contributed by atoms with Gasteiger partial charge in [-0.05, 0) is 37.0 Å². The molecule has 2 heterocycles. The van der Waals surface area contributed by atoms with Crippen molar-refractivity contribution in [2.24, 2.45) is 5.92 Å². The van der Waals surface area contributed by atoms with Crippen LogP contribution in [-0.2, 0) is 9.53 Å². The predicted molar refractivity (Wildman–Crippen MR) is 93.8 cm³/mol. The Kier molecular flexibility index (Phi) is 5.27. The SMILES string of the molecule is Cc1ccc(C2CC(C(=O)O)CN(C(=O)N3CCOCC3)C2)cc1C. The number of ether oxygens (including phenoxy) is 1. The second-order valence-corrected chi connectivity index (χ2v) is 7.10. The first kappa shape index (κ1) is 17.7. The average molecular weight is 346 g/mol. The lowest BCUT2D eigenvalue weighted by molar-refractivity contribution is -0.143. The van der Waals surface area contributed by atoms with Crippen LogP contribution in [0.1, 0.15) is 29.0 Å². The van der Waals surface area contributed by atoms with Crippen LogP contribution >= 0.6 is 0 Å². The Labute approximate surface area is 148 Å². The molecule has 0 radical (unpaired) electrons. The minimum absolute atomic E-state index is 0.0548. The third kappa shape index (κ3) is 3.95. The fourth-order valence-electron chi connectivity index (χ4n) is 3.65. The van der Waals surface area contributed by atoms with E-state index < -0.39 is 11.9 Å². The lowest BCUT2D eigenvalue weighted by Gasteiger charge is -2.40. The molecule has 1 N–H and O–H groups in total. The van der Waals surface area contributed by atoms with E-state index in [4.69, 9.17) is 4.74 Å². The number of aliphatic carboxylic acids is 1. The van der Waals surface area contributed by atoms with E-state index in [9.17, 15) is 14.7 Å². The largest absolute Gasteiger partial charge is 0.481 e. The number of benzene rings is 1. The van der Waals surface area contributed by atoms with E-state index in [-0.39, 0.29) is 18.5 Å². The smallest absolute Gasteiger partial charge is 0.320 e. The fourth-order valence-corrected chi connectivity index (χ4v) is 3.65. The number of aryl methyl sites for hydroxylation is 2. The topological polar surface area (TPSA) is 70.1 Å². The number of likely N-dealkylation sites (tertiary alicyclic amines) is 1. The Hall–Kier alpha value is -2.08. The van der Waals surface area contributed by atoms with Crippen LogP contribution in [0.15, 0.2) is 18.2 Å². The molecule has 3 rings (SSSR count). The zero-order chi connectivity index (χ0) is 18.0.